The fourth-order valence-corrected chi connectivity index (χ4v) is 2.06. The van der Waals surface area contributed by atoms with Crippen molar-refractivity contribution < 1.29 is 14.3 Å². The maximum absolute atomic E-state index is 11.7. The number of carbonyl (C=O) groups is 1. The molecule has 0 unspecified atom stereocenters. The van der Waals surface area contributed by atoms with Crippen molar-refractivity contribution in [3.8, 4) is 5.75 Å². The van der Waals surface area contributed by atoms with Crippen LogP contribution in [0.5, 0.6) is 5.75 Å². The minimum Gasteiger partial charge on any atom is -0.493 e. The standard InChI is InChI=1S/C13H13BrO3/c1-2-16-13(15)9-5-6-17-12-4-3-11(14)8-10(12)7-9/h3-4,7-8H,2,5-6H2,1H3. The second kappa shape index (κ2) is 5.36. The number of fused-ring (bicyclic) bond motifs is 1. The second-order valence-electron chi connectivity index (χ2n) is 3.67. The van der Waals surface area contributed by atoms with E-state index in [1.807, 2.05) is 24.3 Å². The van der Waals surface area contributed by atoms with Gasteiger partial charge in [-0.15, -0.1) is 0 Å². The van der Waals surface area contributed by atoms with Gasteiger partial charge in [0.25, 0.3) is 0 Å². The van der Waals surface area contributed by atoms with Crippen LogP contribution in [-0.4, -0.2) is 19.2 Å². The van der Waals surface area contributed by atoms with Gasteiger partial charge in [-0.2, -0.15) is 0 Å². The van der Waals surface area contributed by atoms with Gasteiger partial charge in [0.05, 0.1) is 13.2 Å². The van der Waals surface area contributed by atoms with Gasteiger partial charge in [0.2, 0.25) is 0 Å². The van der Waals surface area contributed by atoms with E-state index in [2.05, 4.69) is 15.9 Å². The van der Waals surface area contributed by atoms with Crippen molar-refractivity contribution in [2.75, 3.05) is 13.2 Å². The number of hydrogen-bond acceptors (Lipinski definition) is 3. The van der Waals surface area contributed by atoms with Gasteiger partial charge in [0.15, 0.2) is 0 Å². The lowest BCUT2D eigenvalue weighted by atomic mass is 10.1. The molecule has 90 valence electrons. The SMILES string of the molecule is CCOC(=O)C1=Cc2cc(Br)ccc2OCC1. The molecule has 17 heavy (non-hydrogen) atoms. The van der Waals surface area contributed by atoms with E-state index in [4.69, 9.17) is 9.47 Å². The fraction of sp³-hybridized carbons (Fsp3) is 0.308. The zero-order valence-electron chi connectivity index (χ0n) is 9.53. The molecule has 0 amide bonds. The molecule has 1 heterocycles. The van der Waals surface area contributed by atoms with Crippen LogP contribution in [-0.2, 0) is 9.53 Å². The van der Waals surface area contributed by atoms with Crippen LogP contribution >= 0.6 is 15.9 Å². The molecule has 4 heteroatoms. The largest absolute Gasteiger partial charge is 0.493 e. The lowest BCUT2D eigenvalue weighted by molar-refractivity contribution is -0.138. The third kappa shape index (κ3) is 2.88. The summed E-state index contributed by atoms with van der Waals surface area (Å²) < 4.78 is 11.5. The van der Waals surface area contributed by atoms with Gasteiger partial charge in [-0.1, -0.05) is 15.9 Å². The normalized spacial score (nSPS) is 14.1. The Hall–Kier alpha value is -1.29. The van der Waals surface area contributed by atoms with Crippen LogP contribution in [0.25, 0.3) is 6.08 Å². The first-order chi connectivity index (χ1) is 8.20. The second-order valence-corrected chi connectivity index (χ2v) is 4.59. The van der Waals surface area contributed by atoms with Crippen molar-refractivity contribution in [1.82, 2.24) is 0 Å². The maximum atomic E-state index is 11.7. The van der Waals surface area contributed by atoms with Crippen LogP contribution in [0.3, 0.4) is 0 Å². The van der Waals surface area contributed by atoms with Crippen LogP contribution in [0.1, 0.15) is 18.9 Å². The Kier molecular flexibility index (Phi) is 3.84. The van der Waals surface area contributed by atoms with Crippen molar-refractivity contribution in [3.63, 3.8) is 0 Å². The summed E-state index contributed by atoms with van der Waals surface area (Å²) in [6.07, 6.45) is 2.41. The van der Waals surface area contributed by atoms with E-state index < -0.39 is 0 Å². The highest BCUT2D eigenvalue weighted by atomic mass is 79.9. The van der Waals surface area contributed by atoms with Gasteiger partial charge in [0.1, 0.15) is 5.75 Å². The summed E-state index contributed by atoms with van der Waals surface area (Å²) in [5.41, 5.74) is 1.56. The first kappa shape index (κ1) is 12.2. The van der Waals surface area contributed by atoms with Crippen LogP contribution in [0.15, 0.2) is 28.2 Å². The van der Waals surface area contributed by atoms with Gasteiger partial charge in [0, 0.05) is 22.0 Å². The Morgan fingerprint density at radius 1 is 1.53 bits per heavy atom. The van der Waals surface area contributed by atoms with Crippen LogP contribution in [0, 0.1) is 0 Å². The molecule has 1 aliphatic rings. The molecule has 1 aliphatic heterocycles. The van der Waals surface area contributed by atoms with Crippen molar-refractivity contribution >= 4 is 28.0 Å². The van der Waals surface area contributed by atoms with Crippen molar-refractivity contribution in [2.45, 2.75) is 13.3 Å². The third-order valence-corrected chi connectivity index (χ3v) is 2.96. The van der Waals surface area contributed by atoms with E-state index in [-0.39, 0.29) is 5.97 Å². The number of ether oxygens (including phenoxy) is 2. The van der Waals surface area contributed by atoms with Gasteiger partial charge >= 0.3 is 5.97 Å². The highest BCUT2D eigenvalue weighted by Gasteiger charge is 2.16. The van der Waals surface area contributed by atoms with Crippen LogP contribution in [0.2, 0.25) is 0 Å². The van der Waals surface area contributed by atoms with Gasteiger partial charge < -0.3 is 9.47 Å². The summed E-state index contributed by atoms with van der Waals surface area (Å²) in [5, 5.41) is 0. The molecule has 0 radical (unpaired) electrons. The Morgan fingerprint density at radius 2 is 2.35 bits per heavy atom. The minimum absolute atomic E-state index is 0.260. The molecule has 0 N–H and O–H groups in total. The summed E-state index contributed by atoms with van der Waals surface area (Å²) in [4.78, 5) is 11.7. The number of benzene rings is 1. The molecule has 3 nitrogen and oxygen atoms in total. The third-order valence-electron chi connectivity index (χ3n) is 2.47. The van der Waals surface area contributed by atoms with E-state index in [1.165, 1.54) is 0 Å². The number of esters is 1. The Balaban J connectivity index is 2.34. The molecule has 0 fully saturated rings. The lowest BCUT2D eigenvalue weighted by Gasteiger charge is -2.05. The Bertz CT molecular complexity index is 466. The molecule has 1 aromatic carbocycles. The van der Waals surface area contributed by atoms with E-state index in [1.54, 1.807) is 6.92 Å². The molecule has 1 aromatic rings. The first-order valence-electron chi connectivity index (χ1n) is 5.50. The van der Waals surface area contributed by atoms with E-state index in [0.29, 0.717) is 25.2 Å². The highest BCUT2D eigenvalue weighted by Crippen LogP contribution is 2.29. The summed E-state index contributed by atoms with van der Waals surface area (Å²) in [5.74, 6) is 0.538. The molecule has 0 spiro atoms. The molecule has 0 aliphatic carbocycles. The Morgan fingerprint density at radius 3 is 3.12 bits per heavy atom. The summed E-state index contributed by atoms with van der Waals surface area (Å²) >= 11 is 3.40. The number of hydrogen-bond donors (Lipinski definition) is 0. The molecular weight excluding hydrogens is 284 g/mol. The van der Waals surface area contributed by atoms with E-state index >= 15 is 0 Å². The molecule has 2 rings (SSSR count). The van der Waals surface area contributed by atoms with Crippen LogP contribution in [0.4, 0.5) is 0 Å². The monoisotopic (exact) mass is 296 g/mol. The number of halogens is 1. The average Bonchev–Trinajstić information content (AvgIpc) is 2.50. The molecule has 0 saturated carbocycles. The molecule has 0 atom stereocenters. The van der Waals surface area contributed by atoms with Crippen molar-refractivity contribution in [2.24, 2.45) is 0 Å². The van der Waals surface area contributed by atoms with E-state index in [9.17, 15) is 4.79 Å². The summed E-state index contributed by atoms with van der Waals surface area (Å²) in [6.45, 7) is 2.69. The summed E-state index contributed by atoms with van der Waals surface area (Å²) in [7, 11) is 0. The van der Waals surface area contributed by atoms with Gasteiger partial charge in [-0.05, 0) is 31.2 Å². The topological polar surface area (TPSA) is 35.5 Å². The first-order valence-corrected chi connectivity index (χ1v) is 6.30. The fourth-order valence-electron chi connectivity index (χ4n) is 1.68. The smallest absolute Gasteiger partial charge is 0.334 e. The summed E-state index contributed by atoms with van der Waals surface area (Å²) in [6, 6.07) is 5.74. The van der Waals surface area contributed by atoms with Crippen LogP contribution < -0.4 is 4.74 Å². The molecular formula is C13H13BrO3. The number of carbonyl (C=O) groups excluding carboxylic acids is 1. The lowest BCUT2D eigenvalue weighted by Crippen LogP contribution is -2.09. The highest BCUT2D eigenvalue weighted by molar-refractivity contribution is 9.10. The zero-order chi connectivity index (χ0) is 12.3. The average molecular weight is 297 g/mol. The van der Waals surface area contributed by atoms with Gasteiger partial charge in [-0.3, -0.25) is 0 Å². The predicted molar refractivity (Wildman–Crippen MR) is 68.9 cm³/mol. The predicted octanol–water partition coefficient (Wildman–Crippen LogP) is 3.18. The van der Waals surface area contributed by atoms with E-state index in [0.717, 1.165) is 15.8 Å². The number of rotatable bonds is 2. The van der Waals surface area contributed by atoms with Crippen molar-refractivity contribution in [3.05, 3.63) is 33.8 Å². The molecule has 0 aromatic heterocycles. The zero-order valence-corrected chi connectivity index (χ0v) is 11.1. The minimum atomic E-state index is -0.260. The van der Waals surface area contributed by atoms with Gasteiger partial charge in [-0.25, -0.2) is 4.79 Å². The quantitative estimate of drug-likeness (QED) is 0.787. The Labute approximate surface area is 109 Å². The maximum Gasteiger partial charge on any atom is 0.334 e. The van der Waals surface area contributed by atoms with Crippen molar-refractivity contribution in [1.29, 1.82) is 0 Å². The molecule has 0 saturated heterocycles. The molecule has 0 bridgehead atoms.